The zero-order valence-corrected chi connectivity index (χ0v) is 18.9. The van der Waals surface area contributed by atoms with Crippen LogP contribution in [0.2, 0.25) is 0 Å². The fourth-order valence-corrected chi connectivity index (χ4v) is 3.92. The maximum Gasteiger partial charge on any atom is 0.414 e. The first-order chi connectivity index (χ1) is 17.3. The van der Waals surface area contributed by atoms with E-state index in [-0.39, 0.29) is 31.5 Å². The highest BCUT2D eigenvalue weighted by molar-refractivity contribution is 6.01. The molecule has 188 valence electrons. The lowest BCUT2D eigenvalue weighted by Gasteiger charge is -2.20. The summed E-state index contributed by atoms with van der Waals surface area (Å²) >= 11 is 0. The molecule has 36 heavy (non-hydrogen) atoms. The Morgan fingerprint density at radius 2 is 1.94 bits per heavy atom. The fraction of sp³-hybridized carbons (Fsp3) is 0.250. The maximum absolute atomic E-state index is 15.0. The molecule has 2 heterocycles. The average Bonchev–Trinajstić information content (AvgIpc) is 3.49. The van der Waals surface area contributed by atoms with Crippen LogP contribution in [0, 0.1) is 11.2 Å². The normalized spacial score (nSPS) is 19.2. The molecule has 2 aliphatic heterocycles. The number of cyclic esters (lactones) is 1. The quantitative estimate of drug-likeness (QED) is 0.259. The third-order valence-electron chi connectivity index (χ3n) is 5.74. The van der Waals surface area contributed by atoms with Gasteiger partial charge in [0.25, 0.3) is 0 Å². The molecule has 1 saturated heterocycles. The number of carbonyl (C=O) groups is 2. The van der Waals surface area contributed by atoms with Crippen molar-refractivity contribution in [3.63, 3.8) is 0 Å². The van der Waals surface area contributed by atoms with Crippen LogP contribution >= 0.6 is 0 Å². The summed E-state index contributed by atoms with van der Waals surface area (Å²) in [5.41, 5.74) is 2.65. The average molecular weight is 498 g/mol. The molecule has 11 nitrogen and oxygen atoms in total. The second-order valence-electron chi connectivity index (χ2n) is 8.10. The van der Waals surface area contributed by atoms with Gasteiger partial charge in [-0.05, 0) is 29.3 Å². The van der Waals surface area contributed by atoms with Gasteiger partial charge in [0, 0.05) is 18.1 Å². The van der Waals surface area contributed by atoms with Gasteiger partial charge < -0.3 is 24.9 Å². The number of hydrogen-bond donors (Lipinski definition) is 4. The van der Waals surface area contributed by atoms with Crippen molar-refractivity contribution in [3.05, 3.63) is 66.2 Å². The third-order valence-corrected chi connectivity index (χ3v) is 5.74. The van der Waals surface area contributed by atoms with Crippen molar-refractivity contribution in [2.75, 3.05) is 24.6 Å². The summed E-state index contributed by atoms with van der Waals surface area (Å²) in [7, 11) is 0. The topological polar surface area (TPSA) is 156 Å². The number of halogens is 1. The van der Waals surface area contributed by atoms with Gasteiger partial charge in [0.05, 0.1) is 37.4 Å². The second kappa shape index (κ2) is 10.4. The number of amidine groups is 1. The number of aliphatic hydroxyl groups is 2. The number of hydrogen-bond acceptors (Lipinski definition) is 8. The van der Waals surface area contributed by atoms with E-state index in [1.54, 1.807) is 30.3 Å². The lowest BCUT2D eigenvalue weighted by atomic mass is 9.99. The molecule has 1 fully saturated rings. The van der Waals surface area contributed by atoms with Crippen LogP contribution < -0.4 is 4.90 Å². The molecule has 4 N–H and O–H groups in total. The summed E-state index contributed by atoms with van der Waals surface area (Å²) in [4.78, 5) is 30.7. The monoisotopic (exact) mass is 498 g/mol. The largest absolute Gasteiger partial charge is 0.515 e. The van der Waals surface area contributed by atoms with Crippen molar-refractivity contribution < 1.29 is 38.9 Å². The number of anilines is 1. The van der Waals surface area contributed by atoms with E-state index in [1.807, 2.05) is 0 Å². The predicted molar refractivity (Wildman–Crippen MR) is 127 cm³/mol. The van der Waals surface area contributed by atoms with Crippen LogP contribution in [-0.4, -0.2) is 75.9 Å². The van der Waals surface area contributed by atoms with E-state index in [2.05, 4.69) is 5.16 Å². The van der Waals surface area contributed by atoms with Crippen molar-refractivity contribution in [1.82, 2.24) is 4.90 Å². The second-order valence-corrected chi connectivity index (χ2v) is 8.10. The molecule has 2 unspecified atom stereocenters. The molecule has 0 aliphatic carbocycles. The Balaban J connectivity index is 1.46. The van der Waals surface area contributed by atoms with E-state index in [0.29, 0.717) is 34.4 Å². The Kier molecular flexibility index (Phi) is 7.15. The van der Waals surface area contributed by atoms with E-state index in [1.165, 1.54) is 17.0 Å². The number of aliphatic hydroxyl groups excluding tert-OH is 2. The highest BCUT2D eigenvalue weighted by atomic mass is 19.1. The Morgan fingerprint density at radius 1 is 1.22 bits per heavy atom. The molecule has 0 radical (unpaired) electrons. The fourth-order valence-electron chi connectivity index (χ4n) is 3.92. The Bertz CT molecular complexity index is 1230. The molecular formula is C24H23FN4O7. The maximum atomic E-state index is 15.0. The van der Waals surface area contributed by atoms with E-state index in [9.17, 15) is 19.8 Å². The molecule has 2 aromatic carbocycles. The van der Waals surface area contributed by atoms with Gasteiger partial charge in [0.15, 0.2) is 6.10 Å². The molecule has 4 rings (SSSR count). The number of rotatable bonds is 7. The summed E-state index contributed by atoms with van der Waals surface area (Å²) in [5.74, 6) is -1.07. The Hall–Kier alpha value is -4.45. The molecule has 0 bridgehead atoms. The minimum atomic E-state index is -1.45. The molecule has 0 aromatic heterocycles. The molecular weight excluding hydrogens is 475 g/mol. The first kappa shape index (κ1) is 24.7. The van der Waals surface area contributed by atoms with Gasteiger partial charge in [-0.2, -0.15) is 0 Å². The standard InChI is InChI=1S/C24H23FN4O7/c25-20-9-16(28-11-18(35-24(28)34)12-29(23(32)33)22(26)7-8-30)5-6-19(20)14-1-3-15(4-2-14)21-10-17(13-31)36-27-21/h1-9,17-18,26,30-31H,10-13H2,(H,32,33)/b8-7-,26-22?. The van der Waals surface area contributed by atoms with E-state index in [4.69, 9.17) is 20.1 Å². The van der Waals surface area contributed by atoms with E-state index < -0.39 is 29.9 Å². The number of oxime groups is 1. The van der Waals surface area contributed by atoms with E-state index in [0.717, 1.165) is 11.6 Å². The number of benzene rings is 2. The smallest absolute Gasteiger partial charge is 0.414 e. The van der Waals surface area contributed by atoms with Gasteiger partial charge in [-0.1, -0.05) is 29.4 Å². The summed E-state index contributed by atoms with van der Waals surface area (Å²) in [6.45, 7) is -0.509. The predicted octanol–water partition coefficient (Wildman–Crippen LogP) is 3.33. The van der Waals surface area contributed by atoms with Gasteiger partial charge in [-0.3, -0.25) is 15.2 Å². The summed E-state index contributed by atoms with van der Waals surface area (Å²) in [6, 6.07) is 11.3. The Morgan fingerprint density at radius 3 is 2.56 bits per heavy atom. The number of nitrogens with zero attached hydrogens (tertiary/aromatic N) is 3. The summed E-state index contributed by atoms with van der Waals surface area (Å²) in [5, 5.41) is 38.9. The highest BCUT2D eigenvalue weighted by Gasteiger charge is 2.35. The molecule has 0 spiro atoms. The van der Waals surface area contributed by atoms with Gasteiger partial charge in [0.1, 0.15) is 17.8 Å². The van der Waals surface area contributed by atoms with Crippen molar-refractivity contribution in [2.45, 2.75) is 18.6 Å². The molecule has 2 aliphatic rings. The van der Waals surface area contributed by atoms with Crippen LogP contribution in [0.3, 0.4) is 0 Å². The van der Waals surface area contributed by atoms with Crippen LogP contribution in [0.4, 0.5) is 19.7 Å². The van der Waals surface area contributed by atoms with E-state index >= 15 is 4.39 Å². The number of amides is 2. The number of carboxylic acid groups (broad SMARTS) is 1. The van der Waals surface area contributed by atoms with Crippen molar-refractivity contribution in [2.24, 2.45) is 5.16 Å². The zero-order valence-electron chi connectivity index (χ0n) is 18.9. The minimum absolute atomic E-state index is 0.0504. The van der Waals surface area contributed by atoms with Crippen LogP contribution in [0.1, 0.15) is 12.0 Å². The molecule has 2 amide bonds. The highest BCUT2D eigenvalue weighted by Crippen LogP contribution is 2.30. The molecule has 2 aromatic rings. The molecule has 0 saturated carbocycles. The van der Waals surface area contributed by atoms with Gasteiger partial charge in [-0.15, -0.1) is 0 Å². The van der Waals surface area contributed by atoms with Crippen molar-refractivity contribution >= 4 is 29.4 Å². The van der Waals surface area contributed by atoms with Crippen LogP contribution in [-0.2, 0) is 9.57 Å². The lowest BCUT2D eigenvalue weighted by molar-refractivity contribution is 0.0390. The van der Waals surface area contributed by atoms with Gasteiger partial charge in [0.2, 0.25) is 0 Å². The van der Waals surface area contributed by atoms with Crippen LogP contribution in [0.25, 0.3) is 11.1 Å². The minimum Gasteiger partial charge on any atom is -0.515 e. The Labute approximate surface area is 204 Å². The first-order valence-electron chi connectivity index (χ1n) is 10.9. The van der Waals surface area contributed by atoms with Crippen LogP contribution in [0.5, 0.6) is 0 Å². The first-order valence-corrected chi connectivity index (χ1v) is 10.9. The SMILES string of the molecule is N=C(/C=C\O)N(CC1CN(c2ccc(-c3ccc(C4=NOC(CO)C4)cc3)c(F)c2)C(=O)O1)C(=O)O. The molecule has 2 atom stereocenters. The number of ether oxygens (including phenoxy) is 1. The van der Waals surface area contributed by atoms with Gasteiger partial charge in [-0.25, -0.2) is 14.0 Å². The number of nitrogens with one attached hydrogen (secondary N) is 1. The summed E-state index contributed by atoms with van der Waals surface area (Å²) < 4.78 is 20.2. The molecule has 12 heteroatoms. The third kappa shape index (κ3) is 5.13. The zero-order chi connectivity index (χ0) is 25.8. The van der Waals surface area contributed by atoms with Crippen molar-refractivity contribution in [3.8, 4) is 11.1 Å². The van der Waals surface area contributed by atoms with Crippen molar-refractivity contribution in [1.29, 1.82) is 5.41 Å². The number of carbonyl (C=O) groups excluding carboxylic acids is 1. The van der Waals surface area contributed by atoms with Gasteiger partial charge >= 0.3 is 12.2 Å². The summed E-state index contributed by atoms with van der Waals surface area (Å²) in [6.07, 6.45) is -1.59. The van der Waals surface area contributed by atoms with Crippen LogP contribution in [0.15, 0.2) is 60.0 Å². The lowest BCUT2D eigenvalue weighted by Crippen LogP contribution is -2.41.